The first kappa shape index (κ1) is 10.7. The maximum Gasteiger partial charge on any atom is 0.0889 e. The van der Waals surface area contributed by atoms with Gasteiger partial charge in [0.15, 0.2) is 0 Å². The maximum atomic E-state index is 9.02. The second-order valence-corrected chi connectivity index (χ2v) is 3.41. The van der Waals surface area contributed by atoms with Gasteiger partial charge in [0.25, 0.3) is 0 Å². The summed E-state index contributed by atoms with van der Waals surface area (Å²) in [6.45, 7) is -0.0373. The van der Waals surface area contributed by atoms with E-state index in [1.807, 2.05) is 0 Å². The first-order chi connectivity index (χ1) is 7.83. The van der Waals surface area contributed by atoms with Gasteiger partial charge in [-0.25, -0.2) is 0 Å². The van der Waals surface area contributed by atoms with Crippen LogP contribution in [0.4, 0.5) is 0 Å². The zero-order chi connectivity index (χ0) is 11.4. The highest BCUT2D eigenvalue weighted by Gasteiger charge is 2.02. The number of hydrogen-bond acceptors (Lipinski definition) is 4. The van der Waals surface area contributed by atoms with Crippen molar-refractivity contribution in [2.24, 2.45) is 0 Å². The van der Waals surface area contributed by atoms with Crippen LogP contribution in [0.15, 0.2) is 36.7 Å². The van der Waals surface area contributed by atoms with Crippen LogP contribution in [0.25, 0.3) is 11.4 Å². The number of pyridine rings is 2. The molecule has 16 heavy (non-hydrogen) atoms. The highest BCUT2D eigenvalue weighted by Crippen LogP contribution is 2.16. The van der Waals surface area contributed by atoms with Crippen LogP contribution in [0.2, 0.25) is 0 Å². The molecule has 0 fully saturated rings. The Hall–Kier alpha value is -1.78. The van der Waals surface area contributed by atoms with E-state index < -0.39 is 0 Å². The third-order valence-electron chi connectivity index (χ3n) is 2.28. The molecule has 2 rings (SSSR count). The SMILES string of the molecule is OCc1ccnc(-c2cc(CO)ccn2)c1. The Bertz CT molecular complexity index is 440. The van der Waals surface area contributed by atoms with Gasteiger partial charge >= 0.3 is 0 Å². The van der Waals surface area contributed by atoms with Crippen molar-refractivity contribution >= 4 is 0 Å². The number of aliphatic hydroxyl groups excluding tert-OH is 2. The van der Waals surface area contributed by atoms with E-state index in [1.54, 1.807) is 36.7 Å². The Morgan fingerprint density at radius 2 is 1.25 bits per heavy atom. The average molecular weight is 216 g/mol. The van der Waals surface area contributed by atoms with Gasteiger partial charge in [-0.1, -0.05) is 0 Å². The summed E-state index contributed by atoms with van der Waals surface area (Å²) in [5.41, 5.74) is 2.98. The van der Waals surface area contributed by atoms with E-state index in [9.17, 15) is 0 Å². The summed E-state index contributed by atoms with van der Waals surface area (Å²) in [6, 6.07) is 7.06. The molecule has 0 aromatic carbocycles. The molecule has 0 saturated heterocycles. The highest BCUT2D eigenvalue weighted by atomic mass is 16.3. The first-order valence-electron chi connectivity index (χ1n) is 4.95. The van der Waals surface area contributed by atoms with Gasteiger partial charge in [0.2, 0.25) is 0 Å². The van der Waals surface area contributed by atoms with Crippen LogP contribution in [0.3, 0.4) is 0 Å². The number of aliphatic hydroxyl groups is 2. The Kier molecular flexibility index (Phi) is 3.24. The zero-order valence-electron chi connectivity index (χ0n) is 8.67. The van der Waals surface area contributed by atoms with Crippen LogP contribution in [0, 0.1) is 0 Å². The molecule has 2 aromatic rings. The summed E-state index contributed by atoms with van der Waals surface area (Å²) in [6.07, 6.45) is 3.27. The van der Waals surface area contributed by atoms with Gasteiger partial charge in [-0.2, -0.15) is 0 Å². The minimum Gasteiger partial charge on any atom is -0.392 e. The predicted octanol–water partition coefficient (Wildman–Crippen LogP) is 1.13. The molecule has 0 atom stereocenters. The van der Waals surface area contributed by atoms with E-state index in [0.29, 0.717) is 11.4 Å². The van der Waals surface area contributed by atoms with Gasteiger partial charge < -0.3 is 10.2 Å². The highest BCUT2D eigenvalue weighted by molar-refractivity contribution is 5.55. The Morgan fingerprint density at radius 1 is 0.812 bits per heavy atom. The summed E-state index contributed by atoms with van der Waals surface area (Å²) >= 11 is 0. The molecule has 0 amide bonds. The fourth-order valence-electron chi connectivity index (χ4n) is 1.43. The van der Waals surface area contributed by atoms with Crippen molar-refractivity contribution in [1.29, 1.82) is 0 Å². The topological polar surface area (TPSA) is 66.2 Å². The second kappa shape index (κ2) is 4.83. The molecule has 0 aliphatic carbocycles. The maximum absolute atomic E-state index is 9.02. The third kappa shape index (κ3) is 2.24. The average Bonchev–Trinajstić information content (AvgIpc) is 2.39. The number of nitrogens with zero attached hydrogens (tertiary/aromatic N) is 2. The van der Waals surface area contributed by atoms with Crippen molar-refractivity contribution in [3.05, 3.63) is 47.8 Å². The van der Waals surface area contributed by atoms with Crippen LogP contribution in [-0.4, -0.2) is 20.2 Å². The van der Waals surface area contributed by atoms with Gasteiger partial charge in [0.05, 0.1) is 24.6 Å². The van der Waals surface area contributed by atoms with E-state index in [4.69, 9.17) is 10.2 Å². The van der Waals surface area contributed by atoms with Crippen molar-refractivity contribution in [3.8, 4) is 11.4 Å². The molecule has 0 aliphatic rings. The molecular weight excluding hydrogens is 204 g/mol. The van der Waals surface area contributed by atoms with Crippen molar-refractivity contribution < 1.29 is 10.2 Å². The lowest BCUT2D eigenvalue weighted by atomic mass is 10.1. The van der Waals surface area contributed by atoms with Gasteiger partial charge in [0, 0.05) is 12.4 Å². The van der Waals surface area contributed by atoms with E-state index in [2.05, 4.69) is 9.97 Å². The van der Waals surface area contributed by atoms with E-state index >= 15 is 0 Å². The number of aromatic nitrogens is 2. The molecule has 0 saturated carbocycles. The molecule has 4 nitrogen and oxygen atoms in total. The summed E-state index contributed by atoms with van der Waals surface area (Å²) in [5, 5.41) is 18.0. The minimum absolute atomic E-state index is 0.0186. The fourth-order valence-corrected chi connectivity index (χ4v) is 1.43. The van der Waals surface area contributed by atoms with Crippen LogP contribution in [0.5, 0.6) is 0 Å². The molecule has 2 N–H and O–H groups in total. The summed E-state index contributed by atoms with van der Waals surface area (Å²) in [7, 11) is 0. The van der Waals surface area contributed by atoms with E-state index in [-0.39, 0.29) is 13.2 Å². The smallest absolute Gasteiger partial charge is 0.0889 e. The Morgan fingerprint density at radius 3 is 1.62 bits per heavy atom. The largest absolute Gasteiger partial charge is 0.392 e. The van der Waals surface area contributed by atoms with Crippen molar-refractivity contribution in [1.82, 2.24) is 9.97 Å². The number of hydrogen-bond donors (Lipinski definition) is 2. The van der Waals surface area contributed by atoms with Gasteiger partial charge in [-0.15, -0.1) is 0 Å². The summed E-state index contributed by atoms with van der Waals surface area (Å²) in [4.78, 5) is 8.36. The lowest BCUT2D eigenvalue weighted by Crippen LogP contribution is -1.92. The van der Waals surface area contributed by atoms with Crippen LogP contribution < -0.4 is 0 Å². The zero-order valence-corrected chi connectivity index (χ0v) is 8.67. The molecule has 0 spiro atoms. The van der Waals surface area contributed by atoms with Gasteiger partial charge in [0.1, 0.15) is 0 Å². The molecule has 82 valence electrons. The summed E-state index contributed by atoms with van der Waals surface area (Å²) < 4.78 is 0. The van der Waals surface area contributed by atoms with Crippen molar-refractivity contribution in [2.75, 3.05) is 0 Å². The molecular formula is C12H12N2O2. The van der Waals surface area contributed by atoms with Gasteiger partial charge in [-0.3, -0.25) is 9.97 Å². The predicted molar refractivity (Wildman–Crippen MR) is 59.3 cm³/mol. The molecule has 4 heteroatoms. The van der Waals surface area contributed by atoms with Crippen molar-refractivity contribution in [3.63, 3.8) is 0 Å². The molecule has 0 unspecified atom stereocenters. The fraction of sp³-hybridized carbons (Fsp3) is 0.167. The minimum atomic E-state index is -0.0186. The third-order valence-corrected chi connectivity index (χ3v) is 2.28. The Balaban J connectivity index is 2.41. The standard InChI is InChI=1S/C12H12N2O2/c15-7-9-1-3-13-11(5-9)12-6-10(8-16)2-4-14-12/h1-6,15-16H,7-8H2. The molecule has 2 aromatic heterocycles. The van der Waals surface area contributed by atoms with Crippen molar-refractivity contribution in [2.45, 2.75) is 13.2 Å². The normalized spacial score (nSPS) is 10.4. The van der Waals surface area contributed by atoms with Crippen LogP contribution >= 0.6 is 0 Å². The number of rotatable bonds is 3. The summed E-state index contributed by atoms with van der Waals surface area (Å²) in [5.74, 6) is 0. The second-order valence-electron chi connectivity index (χ2n) is 3.41. The molecule has 0 radical (unpaired) electrons. The van der Waals surface area contributed by atoms with Crippen LogP contribution in [-0.2, 0) is 13.2 Å². The molecule has 0 aliphatic heterocycles. The monoisotopic (exact) mass is 216 g/mol. The quantitative estimate of drug-likeness (QED) is 0.807. The lowest BCUT2D eigenvalue weighted by molar-refractivity contribution is 0.281. The van der Waals surface area contributed by atoms with Crippen LogP contribution in [0.1, 0.15) is 11.1 Å². The first-order valence-corrected chi connectivity index (χ1v) is 4.95. The lowest BCUT2D eigenvalue weighted by Gasteiger charge is -2.03. The Labute approximate surface area is 93.2 Å². The van der Waals surface area contributed by atoms with E-state index in [1.165, 1.54) is 0 Å². The van der Waals surface area contributed by atoms with E-state index in [0.717, 1.165) is 11.1 Å². The van der Waals surface area contributed by atoms with Gasteiger partial charge in [-0.05, 0) is 35.4 Å². The molecule has 0 bridgehead atoms. The molecule has 2 heterocycles.